The van der Waals surface area contributed by atoms with Gasteiger partial charge in [-0.15, -0.1) is 0 Å². The lowest BCUT2D eigenvalue weighted by Crippen LogP contribution is -2.45. The Labute approximate surface area is 116 Å². The number of rotatable bonds is 5. The number of alkyl halides is 1. The molecular weight excluding hydrogens is 292 g/mol. The predicted octanol–water partition coefficient (Wildman–Crippen LogP) is 3.24. The van der Waals surface area contributed by atoms with Gasteiger partial charge in [0, 0.05) is 16.4 Å². The van der Waals surface area contributed by atoms with Crippen molar-refractivity contribution in [2.75, 3.05) is 5.33 Å². The summed E-state index contributed by atoms with van der Waals surface area (Å²) in [6.45, 7) is 4.08. The summed E-state index contributed by atoms with van der Waals surface area (Å²) in [7, 11) is 0. The minimum absolute atomic E-state index is 0.127. The largest absolute Gasteiger partial charge is 0.347 e. The first-order valence-electron chi connectivity index (χ1n) is 5.93. The van der Waals surface area contributed by atoms with Gasteiger partial charge in [-0.1, -0.05) is 28.9 Å². The van der Waals surface area contributed by atoms with Gasteiger partial charge in [0.25, 0.3) is 5.91 Å². The standard InChI is InChI=1S/C14H17BrN2O/c1-3-14(2,7-8-15)17-13(18)12-6-4-5-11(9-12)10-16/h4-6,9H,3,7-8H2,1-2H3,(H,17,18). The van der Waals surface area contributed by atoms with Gasteiger partial charge < -0.3 is 5.32 Å². The molecule has 1 N–H and O–H groups in total. The van der Waals surface area contributed by atoms with Crippen molar-refractivity contribution in [1.82, 2.24) is 5.32 Å². The van der Waals surface area contributed by atoms with E-state index in [0.29, 0.717) is 11.1 Å². The summed E-state index contributed by atoms with van der Waals surface area (Å²) in [5.74, 6) is -0.127. The Bertz CT molecular complexity index is 467. The fourth-order valence-electron chi connectivity index (χ4n) is 1.61. The molecule has 1 unspecified atom stereocenters. The predicted molar refractivity (Wildman–Crippen MR) is 75.7 cm³/mol. The first-order chi connectivity index (χ1) is 8.54. The summed E-state index contributed by atoms with van der Waals surface area (Å²) in [4.78, 5) is 12.1. The number of amides is 1. The first-order valence-corrected chi connectivity index (χ1v) is 7.05. The number of nitrogens with zero attached hydrogens (tertiary/aromatic N) is 1. The second-order valence-corrected chi connectivity index (χ2v) is 5.29. The van der Waals surface area contributed by atoms with Gasteiger partial charge in [0.2, 0.25) is 0 Å². The average molecular weight is 309 g/mol. The molecule has 0 fully saturated rings. The molecule has 0 saturated heterocycles. The lowest BCUT2D eigenvalue weighted by Gasteiger charge is -2.29. The second kappa shape index (κ2) is 6.55. The lowest BCUT2D eigenvalue weighted by atomic mass is 9.95. The van der Waals surface area contributed by atoms with Crippen LogP contribution >= 0.6 is 15.9 Å². The third kappa shape index (κ3) is 3.85. The van der Waals surface area contributed by atoms with E-state index in [1.807, 2.05) is 13.0 Å². The number of nitriles is 1. The Balaban J connectivity index is 2.84. The van der Waals surface area contributed by atoms with E-state index in [4.69, 9.17) is 5.26 Å². The highest BCUT2D eigenvalue weighted by molar-refractivity contribution is 9.09. The molecule has 0 heterocycles. The van der Waals surface area contributed by atoms with Crippen molar-refractivity contribution in [2.24, 2.45) is 0 Å². The van der Waals surface area contributed by atoms with Crippen LogP contribution in [0.5, 0.6) is 0 Å². The van der Waals surface area contributed by atoms with Gasteiger partial charge in [0.05, 0.1) is 11.6 Å². The van der Waals surface area contributed by atoms with E-state index in [9.17, 15) is 4.79 Å². The number of hydrogen-bond donors (Lipinski definition) is 1. The molecule has 96 valence electrons. The molecule has 0 aliphatic carbocycles. The van der Waals surface area contributed by atoms with E-state index >= 15 is 0 Å². The van der Waals surface area contributed by atoms with E-state index in [1.54, 1.807) is 24.3 Å². The average Bonchev–Trinajstić information content (AvgIpc) is 2.39. The molecule has 0 aliphatic rings. The van der Waals surface area contributed by atoms with Crippen molar-refractivity contribution in [3.05, 3.63) is 35.4 Å². The van der Waals surface area contributed by atoms with Crippen molar-refractivity contribution in [2.45, 2.75) is 32.2 Å². The Hall–Kier alpha value is -1.34. The van der Waals surface area contributed by atoms with Gasteiger partial charge in [0.15, 0.2) is 0 Å². The normalized spacial score (nSPS) is 13.4. The number of benzene rings is 1. The van der Waals surface area contributed by atoms with Crippen LogP contribution in [0.25, 0.3) is 0 Å². The van der Waals surface area contributed by atoms with Crippen molar-refractivity contribution in [3.63, 3.8) is 0 Å². The van der Waals surface area contributed by atoms with Gasteiger partial charge in [-0.3, -0.25) is 4.79 Å². The highest BCUT2D eigenvalue weighted by Gasteiger charge is 2.23. The molecule has 1 atom stereocenters. The maximum Gasteiger partial charge on any atom is 0.251 e. The maximum absolute atomic E-state index is 12.1. The van der Waals surface area contributed by atoms with Gasteiger partial charge in [-0.25, -0.2) is 0 Å². The molecule has 1 aromatic carbocycles. The van der Waals surface area contributed by atoms with Crippen LogP contribution < -0.4 is 5.32 Å². The van der Waals surface area contributed by atoms with E-state index in [1.165, 1.54) is 0 Å². The molecule has 1 aromatic rings. The number of carbonyl (C=O) groups is 1. The zero-order valence-electron chi connectivity index (χ0n) is 10.7. The molecule has 0 aromatic heterocycles. The number of halogens is 1. The SMILES string of the molecule is CCC(C)(CCBr)NC(=O)c1cccc(C#N)c1. The molecule has 18 heavy (non-hydrogen) atoms. The summed E-state index contributed by atoms with van der Waals surface area (Å²) in [5.41, 5.74) is 0.813. The quantitative estimate of drug-likeness (QED) is 0.849. The highest BCUT2D eigenvalue weighted by atomic mass is 79.9. The van der Waals surface area contributed by atoms with E-state index in [0.717, 1.165) is 18.2 Å². The molecule has 0 spiro atoms. The summed E-state index contributed by atoms with van der Waals surface area (Å²) in [6.07, 6.45) is 1.73. The second-order valence-electron chi connectivity index (χ2n) is 4.50. The van der Waals surface area contributed by atoms with Crippen molar-refractivity contribution < 1.29 is 4.79 Å². The summed E-state index contributed by atoms with van der Waals surface area (Å²) in [6, 6.07) is 8.78. The molecular formula is C14H17BrN2O. The van der Waals surface area contributed by atoms with Gasteiger partial charge in [0.1, 0.15) is 0 Å². The molecule has 3 nitrogen and oxygen atoms in total. The smallest absolute Gasteiger partial charge is 0.251 e. The molecule has 0 bridgehead atoms. The van der Waals surface area contributed by atoms with Crippen molar-refractivity contribution in [1.29, 1.82) is 5.26 Å². The molecule has 1 rings (SSSR count). The zero-order valence-corrected chi connectivity index (χ0v) is 12.3. The van der Waals surface area contributed by atoms with E-state index in [-0.39, 0.29) is 11.4 Å². The molecule has 0 aliphatic heterocycles. The Kier molecular flexibility index (Phi) is 5.36. The number of nitrogens with one attached hydrogen (secondary N) is 1. The summed E-state index contributed by atoms with van der Waals surface area (Å²) >= 11 is 3.40. The minimum Gasteiger partial charge on any atom is -0.347 e. The summed E-state index contributed by atoms with van der Waals surface area (Å²) in [5, 5.41) is 12.7. The minimum atomic E-state index is -0.219. The van der Waals surface area contributed by atoms with Crippen molar-refractivity contribution in [3.8, 4) is 6.07 Å². The van der Waals surface area contributed by atoms with Crippen LogP contribution in [-0.2, 0) is 0 Å². The zero-order chi connectivity index (χ0) is 13.6. The van der Waals surface area contributed by atoms with Gasteiger partial charge >= 0.3 is 0 Å². The van der Waals surface area contributed by atoms with Gasteiger partial charge in [-0.2, -0.15) is 5.26 Å². The van der Waals surface area contributed by atoms with Crippen LogP contribution in [0.15, 0.2) is 24.3 Å². The molecule has 1 amide bonds. The topological polar surface area (TPSA) is 52.9 Å². The van der Waals surface area contributed by atoms with Gasteiger partial charge in [-0.05, 0) is 38.0 Å². The number of hydrogen-bond acceptors (Lipinski definition) is 2. The Morgan fingerprint density at radius 2 is 2.28 bits per heavy atom. The Morgan fingerprint density at radius 3 is 2.83 bits per heavy atom. The van der Waals surface area contributed by atoms with E-state index in [2.05, 4.69) is 28.2 Å². The van der Waals surface area contributed by atoms with Crippen LogP contribution in [0.1, 0.15) is 42.6 Å². The van der Waals surface area contributed by atoms with Crippen LogP contribution in [0.2, 0.25) is 0 Å². The van der Waals surface area contributed by atoms with Crippen LogP contribution in [-0.4, -0.2) is 16.8 Å². The van der Waals surface area contributed by atoms with Crippen LogP contribution in [0, 0.1) is 11.3 Å². The third-order valence-electron chi connectivity index (χ3n) is 3.10. The third-order valence-corrected chi connectivity index (χ3v) is 3.49. The monoisotopic (exact) mass is 308 g/mol. The molecule has 4 heteroatoms. The molecule has 0 saturated carbocycles. The van der Waals surface area contributed by atoms with Crippen LogP contribution in [0.3, 0.4) is 0 Å². The lowest BCUT2D eigenvalue weighted by molar-refractivity contribution is 0.0902. The highest BCUT2D eigenvalue weighted by Crippen LogP contribution is 2.17. The fraction of sp³-hybridized carbons (Fsp3) is 0.429. The Morgan fingerprint density at radius 1 is 1.56 bits per heavy atom. The van der Waals surface area contributed by atoms with Crippen LogP contribution in [0.4, 0.5) is 0 Å². The summed E-state index contributed by atoms with van der Waals surface area (Å²) < 4.78 is 0. The van der Waals surface area contributed by atoms with E-state index < -0.39 is 0 Å². The molecule has 0 radical (unpaired) electrons. The fourth-order valence-corrected chi connectivity index (χ4v) is 2.49. The first kappa shape index (κ1) is 14.7. The van der Waals surface area contributed by atoms with Crippen molar-refractivity contribution >= 4 is 21.8 Å². The number of carbonyl (C=O) groups excluding carboxylic acids is 1. The maximum atomic E-state index is 12.1.